The molecule has 0 amide bonds. The number of aromatic hydroxyl groups is 1. The highest BCUT2D eigenvalue weighted by Crippen LogP contribution is 2.27. The number of likely N-dealkylation sites (N-methyl/N-ethyl adjacent to an activating group) is 1. The van der Waals surface area contributed by atoms with Gasteiger partial charge in [-0.2, -0.15) is 0 Å². The molecule has 16 heavy (non-hydrogen) atoms. The van der Waals surface area contributed by atoms with Crippen LogP contribution in [-0.4, -0.2) is 35.7 Å². The number of hydrogen-bond acceptors (Lipinski definition) is 3. The molecule has 0 unspecified atom stereocenters. The summed E-state index contributed by atoms with van der Waals surface area (Å²) in [5.74, 6) is 0.290. The van der Waals surface area contributed by atoms with E-state index in [1.807, 2.05) is 6.07 Å². The molecule has 1 aromatic carbocycles. The number of benzene rings is 1. The summed E-state index contributed by atoms with van der Waals surface area (Å²) in [5.41, 5.74) is 0.831. The minimum Gasteiger partial charge on any atom is -0.508 e. The lowest BCUT2D eigenvalue weighted by Crippen LogP contribution is -2.56. The number of phenols is 1. The zero-order valence-electron chi connectivity index (χ0n) is 9.41. The van der Waals surface area contributed by atoms with Gasteiger partial charge in [-0.1, -0.05) is 24.6 Å². The molecule has 3 nitrogen and oxygen atoms in total. The third-order valence-electron chi connectivity index (χ3n) is 3.14. The number of rotatable bonds is 4. The van der Waals surface area contributed by atoms with Gasteiger partial charge in [0.15, 0.2) is 0 Å². The van der Waals surface area contributed by atoms with Gasteiger partial charge in [-0.3, -0.25) is 4.90 Å². The Hall–Kier alpha value is -0.770. The minimum atomic E-state index is 0.290. The quantitative estimate of drug-likeness (QED) is 0.843. The lowest BCUT2D eigenvalue weighted by molar-refractivity contribution is 0.144. The van der Waals surface area contributed by atoms with Gasteiger partial charge in [0, 0.05) is 36.3 Å². The molecular weight excluding hydrogens is 224 g/mol. The van der Waals surface area contributed by atoms with Crippen LogP contribution in [0.4, 0.5) is 0 Å². The Labute approximate surface area is 101 Å². The second kappa shape index (κ2) is 5.04. The molecule has 4 heteroatoms. The molecule has 0 saturated carbocycles. The maximum absolute atomic E-state index is 9.78. The van der Waals surface area contributed by atoms with Crippen LogP contribution in [0.15, 0.2) is 18.2 Å². The van der Waals surface area contributed by atoms with Crippen molar-refractivity contribution in [1.29, 1.82) is 0 Å². The first kappa shape index (κ1) is 11.7. The van der Waals surface area contributed by atoms with Gasteiger partial charge in [-0.25, -0.2) is 0 Å². The van der Waals surface area contributed by atoms with Crippen LogP contribution in [0.25, 0.3) is 0 Å². The zero-order chi connectivity index (χ0) is 11.5. The second-order valence-corrected chi connectivity index (χ2v) is 4.52. The maximum Gasteiger partial charge on any atom is 0.121 e. The number of phenolic OH excluding ortho intramolecular Hbond substituents is 1. The molecule has 1 fully saturated rings. The van der Waals surface area contributed by atoms with Crippen LogP contribution in [0.2, 0.25) is 5.02 Å². The van der Waals surface area contributed by atoms with E-state index in [4.69, 9.17) is 11.6 Å². The summed E-state index contributed by atoms with van der Waals surface area (Å²) in [6.07, 6.45) is 0. The fourth-order valence-corrected chi connectivity index (χ4v) is 2.17. The van der Waals surface area contributed by atoms with Gasteiger partial charge >= 0.3 is 0 Å². The summed E-state index contributed by atoms with van der Waals surface area (Å²) in [5, 5.41) is 13.7. The second-order valence-electron chi connectivity index (χ2n) is 4.11. The van der Waals surface area contributed by atoms with Crippen LogP contribution in [0.5, 0.6) is 5.75 Å². The highest BCUT2D eigenvalue weighted by atomic mass is 35.5. The normalized spacial score (nSPS) is 16.4. The Morgan fingerprint density at radius 2 is 2.25 bits per heavy atom. The fourth-order valence-electron chi connectivity index (χ4n) is 1.94. The number of nitrogens with one attached hydrogen (secondary N) is 1. The first-order chi connectivity index (χ1) is 7.72. The van der Waals surface area contributed by atoms with E-state index in [9.17, 15) is 5.11 Å². The average Bonchev–Trinajstić information content (AvgIpc) is 2.19. The molecule has 0 radical (unpaired) electrons. The summed E-state index contributed by atoms with van der Waals surface area (Å²) in [4.78, 5) is 2.33. The van der Waals surface area contributed by atoms with Gasteiger partial charge in [-0.05, 0) is 18.7 Å². The van der Waals surface area contributed by atoms with Crippen molar-refractivity contribution in [1.82, 2.24) is 10.2 Å². The van der Waals surface area contributed by atoms with Crippen molar-refractivity contribution in [3.05, 3.63) is 28.8 Å². The molecule has 0 atom stereocenters. The standard InChI is InChI=1S/C12H17ClN2O/c1-2-15(9-6-14-7-9)8-10-11(13)4-3-5-12(10)16/h3-5,9,14,16H,2,6-8H2,1H3. The fraction of sp³-hybridized carbons (Fsp3) is 0.500. The van der Waals surface area contributed by atoms with Gasteiger partial charge in [0.1, 0.15) is 5.75 Å². The molecule has 1 aromatic rings. The Bertz CT molecular complexity index is 346. The van der Waals surface area contributed by atoms with Crippen LogP contribution in [-0.2, 0) is 6.54 Å². The molecule has 2 N–H and O–H groups in total. The average molecular weight is 241 g/mol. The maximum atomic E-state index is 9.78. The van der Waals surface area contributed by atoms with Crippen molar-refractivity contribution in [2.24, 2.45) is 0 Å². The van der Waals surface area contributed by atoms with Crippen LogP contribution in [0.3, 0.4) is 0 Å². The van der Waals surface area contributed by atoms with E-state index in [2.05, 4.69) is 17.1 Å². The van der Waals surface area contributed by atoms with E-state index in [0.717, 1.165) is 25.2 Å². The number of halogens is 1. The minimum absolute atomic E-state index is 0.290. The summed E-state index contributed by atoms with van der Waals surface area (Å²) in [7, 11) is 0. The molecule has 1 aliphatic heterocycles. The molecule has 0 bridgehead atoms. The SMILES string of the molecule is CCN(Cc1c(O)cccc1Cl)C1CNC1. The van der Waals surface area contributed by atoms with Gasteiger partial charge in [0.2, 0.25) is 0 Å². The predicted octanol–water partition coefficient (Wildman–Crippen LogP) is 1.84. The van der Waals surface area contributed by atoms with E-state index in [-0.39, 0.29) is 0 Å². The van der Waals surface area contributed by atoms with Crippen molar-refractivity contribution in [2.75, 3.05) is 19.6 Å². The Morgan fingerprint density at radius 1 is 1.50 bits per heavy atom. The van der Waals surface area contributed by atoms with Gasteiger partial charge < -0.3 is 10.4 Å². The van der Waals surface area contributed by atoms with Crippen molar-refractivity contribution in [3.8, 4) is 5.75 Å². The van der Waals surface area contributed by atoms with Crippen LogP contribution < -0.4 is 5.32 Å². The molecular formula is C12H17ClN2O. The Morgan fingerprint density at radius 3 is 2.75 bits per heavy atom. The number of nitrogens with zero attached hydrogens (tertiary/aromatic N) is 1. The molecule has 1 aliphatic rings. The third kappa shape index (κ3) is 2.32. The highest BCUT2D eigenvalue weighted by molar-refractivity contribution is 6.31. The lowest BCUT2D eigenvalue weighted by atomic mass is 10.1. The predicted molar refractivity (Wildman–Crippen MR) is 65.9 cm³/mol. The lowest BCUT2D eigenvalue weighted by Gasteiger charge is -2.37. The smallest absolute Gasteiger partial charge is 0.121 e. The van der Waals surface area contributed by atoms with Gasteiger partial charge in [0.25, 0.3) is 0 Å². The summed E-state index contributed by atoms with van der Waals surface area (Å²) >= 11 is 6.09. The molecule has 88 valence electrons. The van der Waals surface area contributed by atoms with E-state index >= 15 is 0 Å². The van der Waals surface area contributed by atoms with Crippen molar-refractivity contribution in [3.63, 3.8) is 0 Å². The largest absolute Gasteiger partial charge is 0.508 e. The molecule has 2 rings (SSSR count). The van der Waals surface area contributed by atoms with Gasteiger partial charge in [0.05, 0.1) is 0 Å². The third-order valence-corrected chi connectivity index (χ3v) is 3.49. The summed E-state index contributed by atoms with van der Waals surface area (Å²) in [6.45, 7) is 5.87. The highest BCUT2D eigenvalue weighted by Gasteiger charge is 2.24. The van der Waals surface area contributed by atoms with E-state index in [1.54, 1.807) is 12.1 Å². The number of hydrogen-bond donors (Lipinski definition) is 2. The van der Waals surface area contributed by atoms with Gasteiger partial charge in [-0.15, -0.1) is 0 Å². The van der Waals surface area contributed by atoms with Crippen LogP contribution in [0.1, 0.15) is 12.5 Å². The van der Waals surface area contributed by atoms with E-state index in [1.165, 1.54) is 0 Å². The first-order valence-electron chi connectivity index (χ1n) is 5.63. The topological polar surface area (TPSA) is 35.5 Å². The summed E-state index contributed by atoms with van der Waals surface area (Å²) in [6, 6.07) is 5.85. The van der Waals surface area contributed by atoms with Crippen LogP contribution >= 0.6 is 11.6 Å². The van der Waals surface area contributed by atoms with Crippen LogP contribution in [0, 0.1) is 0 Å². The molecule has 1 saturated heterocycles. The molecule has 1 heterocycles. The van der Waals surface area contributed by atoms with Crippen molar-refractivity contribution >= 4 is 11.6 Å². The first-order valence-corrected chi connectivity index (χ1v) is 6.01. The zero-order valence-corrected chi connectivity index (χ0v) is 10.2. The molecule has 0 spiro atoms. The monoisotopic (exact) mass is 240 g/mol. The molecule has 0 aromatic heterocycles. The molecule has 0 aliphatic carbocycles. The van der Waals surface area contributed by atoms with E-state index < -0.39 is 0 Å². The Kier molecular flexibility index (Phi) is 3.69. The summed E-state index contributed by atoms with van der Waals surface area (Å²) < 4.78 is 0. The van der Waals surface area contributed by atoms with E-state index in [0.29, 0.717) is 23.4 Å². The Balaban J connectivity index is 2.11. The van der Waals surface area contributed by atoms with Crippen molar-refractivity contribution < 1.29 is 5.11 Å². The van der Waals surface area contributed by atoms with Crippen molar-refractivity contribution in [2.45, 2.75) is 19.5 Å².